The van der Waals surface area contributed by atoms with Crippen LogP contribution in [-0.2, 0) is 16.0 Å². The van der Waals surface area contributed by atoms with Crippen LogP contribution in [0.15, 0.2) is 83.0 Å². The van der Waals surface area contributed by atoms with E-state index in [1.807, 2.05) is 0 Å². The molecular weight excluding hydrogens is 660 g/mol. The minimum atomic E-state index is -0.794. The molecule has 2 atom stereocenters. The molecule has 4 heterocycles. The van der Waals surface area contributed by atoms with Crippen molar-refractivity contribution in [3.8, 4) is 11.5 Å². The van der Waals surface area contributed by atoms with E-state index >= 15 is 0 Å². The normalized spacial score (nSPS) is 19.5. The lowest BCUT2D eigenvalue weighted by Crippen LogP contribution is -2.53. The fraction of sp³-hybridized carbons (Fsp3) is 0.361. The lowest BCUT2D eigenvalue weighted by atomic mass is 9.86. The number of anilines is 1. The number of benzene rings is 2. The molecule has 3 aliphatic heterocycles. The average Bonchev–Trinajstić information content (AvgIpc) is 3.09. The molecule has 48 heavy (non-hydrogen) atoms. The first kappa shape index (κ1) is 35.2. The summed E-state index contributed by atoms with van der Waals surface area (Å²) in [6, 6.07) is 14.6. The zero-order chi connectivity index (χ0) is 34.4. The van der Waals surface area contributed by atoms with E-state index in [0.29, 0.717) is 45.7 Å². The number of pyridine rings is 1. The van der Waals surface area contributed by atoms with Crippen LogP contribution in [0.4, 0.5) is 15.0 Å². The van der Waals surface area contributed by atoms with E-state index in [9.17, 15) is 14.0 Å². The number of carbonyl (C=O) groups excluding carboxylic acids is 2. The number of amides is 1. The number of halogens is 3. The first-order chi connectivity index (χ1) is 23.1. The average molecular weight is 699 g/mol. The third-order valence-electron chi connectivity index (χ3n) is 8.75. The van der Waals surface area contributed by atoms with Gasteiger partial charge in [-0.15, -0.1) is 0 Å². The molecule has 1 amide bonds. The molecule has 12 heteroatoms. The molecule has 0 radical (unpaired) electrons. The van der Waals surface area contributed by atoms with Crippen LogP contribution < -0.4 is 14.4 Å². The van der Waals surface area contributed by atoms with Gasteiger partial charge in [0.2, 0.25) is 0 Å². The Labute approximate surface area is 289 Å². The minimum Gasteiger partial charge on any atom is -0.493 e. The maximum Gasteiger partial charge on any atom is 0.416 e. The number of fused-ring (bicyclic) bond motifs is 3. The summed E-state index contributed by atoms with van der Waals surface area (Å²) in [6.07, 6.45) is 1.63. The van der Waals surface area contributed by atoms with Crippen LogP contribution in [0.5, 0.6) is 11.5 Å². The Morgan fingerprint density at radius 1 is 1.04 bits per heavy atom. The van der Waals surface area contributed by atoms with Gasteiger partial charge in [0, 0.05) is 23.0 Å². The Hall–Kier alpha value is -4.12. The van der Waals surface area contributed by atoms with Gasteiger partial charge >= 0.3 is 12.1 Å². The maximum absolute atomic E-state index is 13.7. The predicted octanol–water partition coefficient (Wildman–Crippen LogP) is 8.03. The van der Waals surface area contributed by atoms with Crippen molar-refractivity contribution in [3.05, 3.63) is 106 Å². The number of rotatable bonds is 12. The van der Waals surface area contributed by atoms with E-state index in [-0.39, 0.29) is 35.5 Å². The Kier molecular flexibility index (Phi) is 11.6. The minimum absolute atomic E-state index is 0.0865. The monoisotopic (exact) mass is 697 g/mol. The first-order valence-electron chi connectivity index (χ1n) is 15.6. The highest BCUT2D eigenvalue weighted by molar-refractivity contribution is 6.35. The Morgan fingerprint density at radius 2 is 1.75 bits per heavy atom. The molecule has 254 valence electrons. The molecule has 9 nitrogen and oxygen atoms in total. The van der Waals surface area contributed by atoms with E-state index in [1.165, 1.54) is 31.3 Å². The Bertz CT molecular complexity index is 1660. The number of esters is 1. The predicted molar refractivity (Wildman–Crippen MR) is 182 cm³/mol. The molecule has 0 unspecified atom stereocenters. The molecule has 3 aromatic rings. The third-order valence-corrected chi connectivity index (χ3v) is 9.21. The van der Waals surface area contributed by atoms with Gasteiger partial charge in [0.1, 0.15) is 23.8 Å². The van der Waals surface area contributed by atoms with Gasteiger partial charge in [-0.3, -0.25) is 9.80 Å². The highest BCUT2D eigenvalue weighted by atomic mass is 35.5. The summed E-state index contributed by atoms with van der Waals surface area (Å²) < 4.78 is 36.5. The number of nitrogens with zero attached hydrogens (tertiary/aromatic N) is 3. The fourth-order valence-electron chi connectivity index (χ4n) is 6.03. The fourth-order valence-corrected chi connectivity index (χ4v) is 6.49. The van der Waals surface area contributed by atoms with Gasteiger partial charge in [0.25, 0.3) is 0 Å². The van der Waals surface area contributed by atoms with Crippen molar-refractivity contribution < 1.29 is 32.9 Å². The van der Waals surface area contributed by atoms with Gasteiger partial charge in [-0.2, -0.15) is 0 Å². The molecule has 3 saturated heterocycles. The second kappa shape index (κ2) is 15.9. The van der Waals surface area contributed by atoms with Gasteiger partial charge in [-0.05, 0) is 91.9 Å². The molecule has 2 aromatic carbocycles. The van der Waals surface area contributed by atoms with Gasteiger partial charge in [-0.1, -0.05) is 48.0 Å². The molecular formula is C36H38Cl2FN3O6. The first-order valence-corrected chi connectivity index (χ1v) is 16.4. The molecule has 0 spiro atoms. The molecule has 0 N–H and O–H groups in total. The van der Waals surface area contributed by atoms with Crippen LogP contribution in [-0.4, -0.2) is 61.9 Å². The number of ether oxygens (including phenoxy) is 4. The molecule has 0 aliphatic carbocycles. The summed E-state index contributed by atoms with van der Waals surface area (Å²) in [5.41, 5.74) is 2.15. The van der Waals surface area contributed by atoms with E-state index in [1.54, 1.807) is 49.4 Å². The lowest BCUT2D eigenvalue weighted by Gasteiger charge is -2.44. The molecule has 6 rings (SSSR count). The van der Waals surface area contributed by atoms with Gasteiger partial charge in [0.05, 0.1) is 32.5 Å². The summed E-state index contributed by atoms with van der Waals surface area (Å²) in [6.45, 7) is 8.31. The number of methoxy groups -OCH3 is 2. The largest absolute Gasteiger partial charge is 0.493 e. The number of aromatic nitrogens is 1. The van der Waals surface area contributed by atoms with Gasteiger partial charge in [0.15, 0.2) is 11.5 Å². The second-order valence-corrected chi connectivity index (χ2v) is 12.8. The molecule has 2 bridgehead atoms. The van der Waals surface area contributed by atoms with E-state index in [2.05, 4.69) is 16.5 Å². The van der Waals surface area contributed by atoms with Crippen molar-refractivity contribution in [1.29, 1.82) is 0 Å². The number of hydrogen-bond donors (Lipinski definition) is 0. The van der Waals surface area contributed by atoms with Crippen LogP contribution in [0.1, 0.15) is 53.8 Å². The molecule has 3 aliphatic rings. The second-order valence-electron chi connectivity index (χ2n) is 11.8. The maximum atomic E-state index is 13.7. The molecule has 3 fully saturated rings. The smallest absolute Gasteiger partial charge is 0.416 e. The van der Waals surface area contributed by atoms with Crippen LogP contribution in [0.3, 0.4) is 0 Å². The number of carbonyl (C=O) groups is 2. The Balaban J connectivity index is 1.34. The molecule has 0 saturated carbocycles. The van der Waals surface area contributed by atoms with Crippen molar-refractivity contribution >= 4 is 41.1 Å². The summed E-state index contributed by atoms with van der Waals surface area (Å²) >= 11 is 12.6. The van der Waals surface area contributed by atoms with Crippen molar-refractivity contribution in [2.45, 2.75) is 44.9 Å². The van der Waals surface area contributed by atoms with Gasteiger partial charge < -0.3 is 18.9 Å². The summed E-state index contributed by atoms with van der Waals surface area (Å²) in [5, 5.41) is 0.661. The highest BCUT2D eigenvalue weighted by Crippen LogP contribution is 2.37. The SMILES string of the molecule is C=C(Cl)/C(C[C@H](OC(=O)c1ccc(CN(C(=O)O[C@H]2CN3CCC2CC3)c2ccc(F)cn2)cc1)c1ccc(OC)c(OC)c1)=C(\C)Cl. The van der Waals surface area contributed by atoms with Crippen LogP contribution >= 0.6 is 23.2 Å². The number of hydrogen-bond acceptors (Lipinski definition) is 8. The Morgan fingerprint density at radius 3 is 2.31 bits per heavy atom. The topological polar surface area (TPSA) is 90.4 Å². The van der Waals surface area contributed by atoms with Crippen molar-refractivity contribution in [3.63, 3.8) is 0 Å². The highest BCUT2D eigenvalue weighted by Gasteiger charge is 2.37. The summed E-state index contributed by atoms with van der Waals surface area (Å²) in [5.74, 6) is 0.446. The van der Waals surface area contributed by atoms with E-state index in [0.717, 1.165) is 32.1 Å². The summed E-state index contributed by atoms with van der Waals surface area (Å²) in [7, 11) is 3.05. The van der Waals surface area contributed by atoms with Crippen LogP contribution in [0.2, 0.25) is 0 Å². The van der Waals surface area contributed by atoms with Crippen LogP contribution in [0.25, 0.3) is 0 Å². The summed E-state index contributed by atoms with van der Waals surface area (Å²) in [4.78, 5) is 34.8. The van der Waals surface area contributed by atoms with Crippen LogP contribution in [0, 0.1) is 11.7 Å². The number of allylic oxidation sites excluding steroid dienone is 2. The standard InChI is InChI=1S/C36H38Cl2FN3O6/c1-22(37)29(23(2)38)18-31(27-9-11-30(45-3)32(17-27)46-4)47-35(43)26-7-5-24(6-8-26)20-42(34-12-10-28(39)19-40-34)36(44)48-33-21-41-15-13-25(33)14-16-41/h5-12,17,19,25,31,33H,1,13-16,18,20-21H2,2-4H3/b29-23+/t31-,33-/m0/s1. The van der Waals surface area contributed by atoms with Crippen molar-refractivity contribution in [2.75, 3.05) is 38.8 Å². The van der Waals surface area contributed by atoms with Gasteiger partial charge in [-0.25, -0.2) is 19.0 Å². The zero-order valence-electron chi connectivity index (χ0n) is 27.1. The number of piperidine rings is 3. The van der Waals surface area contributed by atoms with E-state index in [4.69, 9.17) is 42.1 Å². The zero-order valence-corrected chi connectivity index (χ0v) is 28.6. The quantitative estimate of drug-likeness (QED) is 0.139. The molecule has 1 aromatic heterocycles. The van der Waals surface area contributed by atoms with Crippen molar-refractivity contribution in [2.24, 2.45) is 5.92 Å². The van der Waals surface area contributed by atoms with Crippen molar-refractivity contribution in [1.82, 2.24) is 9.88 Å². The van der Waals surface area contributed by atoms with E-state index < -0.39 is 24.0 Å². The lowest BCUT2D eigenvalue weighted by molar-refractivity contribution is -0.0311. The third kappa shape index (κ3) is 8.47.